The van der Waals surface area contributed by atoms with Crippen LogP contribution in [-0.2, 0) is 6.42 Å². The Hall–Kier alpha value is -0.670. The molecule has 0 amide bonds. The lowest BCUT2D eigenvalue weighted by Gasteiger charge is -2.15. The van der Waals surface area contributed by atoms with Crippen LogP contribution >= 0.6 is 11.8 Å². The molecular weight excluding hydrogens is 196 g/mol. The number of rotatable bonds is 2. The number of thioether (sulfide) groups is 1. The highest BCUT2D eigenvalue weighted by atomic mass is 32.2. The first kappa shape index (κ1) is 9.87. The molecule has 2 nitrogen and oxygen atoms in total. The molecule has 0 aromatic heterocycles. The Labute approximate surface area is 88.3 Å². The Bertz CT molecular complexity index is 347. The van der Waals surface area contributed by atoms with E-state index in [1.54, 1.807) is 11.8 Å². The molecule has 1 aromatic rings. The minimum Gasteiger partial charge on any atom is -0.476 e. The molecule has 0 atom stereocenters. The van der Waals surface area contributed by atoms with E-state index in [0.717, 1.165) is 11.3 Å². The summed E-state index contributed by atoms with van der Waals surface area (Å²) in [5.41, 5.74) is 1.13. The Kier molecular flexibility index (Phi) is 2.45. The molecule has 0 bridgehead atoms. The third-order valence-electron chi connectivity index (χ3n) is 2.12. The summed E-state index contributed by atoms with van der Waals surface area (Å²) in [6.07, 6.45) is 0.696. The van der Waals surface area contributed by atoms with Gasteiger partial charge in [0.05, 0.1) is 4.90 Å². The van der Waals surface area contributed by atoms with Crippen LogP contribution in [0.1, 0.15) is 19.4 Å². The number of fused-ring (bicyclic) bond motifs is 1. The van der Waals surface area contributed by atoms with Gasteiger partial charge in [0.2, 0.25) is 0 Å². The van der Waals surface area contributed by atoms with Crippen molar-refractivity contribution in [1.82, 2.24) is 0 Å². The highest BCUT2D eigenvalue weighted by molar-refractivity contribution is 8.00. The number of aliphatic hydroxyl groups excluding tert-OH is 1. The van der Waals surface area contributed by atoms with Crippen LogP contribution in [0.15, 0.2) is 23.1 Å². The predicted molar refractivity (Wildman–Crippen MR) is 57.8 cm³/mol. The standard InChI is InChI=1S/C11H14O2S/c1-11(2)13-9-7-8(5-6-12)3-4-10(9)14-11/h3-4,7,12H,5-6H2,1-2H3. The smallest absolute Gasteiger partial charge is 0.153 e. The summed E-state index contributed by atoms with van der Waals surface area (Å²) in [5.74, 6) is 0.950. The van der Waals surface area contributed by atoms with Gasteiger partial charge in [-0.1, -0.05) is 17.8 Å². The van der Waals surface area contributed by atoms with Crippen molar-refractivity contribution in [2.45, 2.75) is 30.1 Å². The van der Waals surface area contributed by atoms with E-state index in [9.17, 15) is 0 Å². The molecular formula is C11H14O2S. The molecule has 0 saturated carbocycles. The zero-order valence-electron chi connectivity index (χ0n) is 8.41. The number of benzene rings is 1. The molecule has 3 heteroatoms. The molecule has 0 radical (unpaired) electrons. The molecule has 2 rings (SSSR count). The Morgan fingerprint density at radius 1 is 1.43 bits per heavy atom. The van der Waals surface area contributed by atoms with E-state index in [1.165, 1.54) is 4.90 Å². The molecule has 0 spiro atoms. The molecule has 14 heavy (non-hydrogen) atoms. The van der Waals surface area contributed by atoms with Crippen molar-refractivity contribution in [3.05, 3.63) is 23.8 Å². The van der Waals surface area contributed by atoms with E-state index >= 15 is 0 Å². The SMILES string of the molecule is CC1(C)Oc2cc(CCO)ccc2S1. The summed E-state index contributed by atoms with van der Waals surface area (Å²) >= 11 is 1.74. The first-order valence-electron chi connectivity index (χ1n) is 4.72. The quantitative estimate of drug-likeness (QED) is 0.813. The van der Waals surface area contributed by atoms with Crippen LogP contribution in [0.2, 0.25) is 0 Å². The van der Waals surface area contributed by atoms with Crippen molar-refractivity contribution >= 4 is 11.8 Å². The van der Waals surface area contributed by atoms with Crippen LogP contribution < -0.4 is 4.74 Å². The lowest BCUT2D eigenvalue weighted by Crippen LogP contribution is -2.18. The summed E-state index contributed by atoms with van der Waals surface area (Å²) in [6, 6.07) is 6.14. The van der Waals surface area contributed by atoms with E-state index in [1.807, 2.05) is 12.1 Å². The number of aliphatic hydroxyl groups is 1. The van der Waals surface area contributed by atoms with Crippen molar-refractivity contribution in [1.29, 1.82) is 0 Å². The molecule has 76 valence electrons. The van der Waals surface area contributed by atoms with Crippen molar-refractivity contribution < 1.29 is 9.84 Å². The van der Waals surface area contributed by atoms with E-state index in [4.69, 9.17) is 9.84 Å². The van der Waals surface area contributed by atoms with Gasteiger partial charge in [0.15, 0.2) is 4.93 Å². The minimum absolute atomic E-state index is 0.153. The molecule has 0 saturated heterocycles. The van der Waals surface area contributed by atoms with Gasteiger partial charge in [0.25, 0.3) is 0 Å². The van der Waals surface area contributed by atoms with Gasteiger partial charge in [0, 0.05) is 6.61 Å². The van der Waals surface area contributed by atoms with Gasteiger partial charge in [-0.15, -0.1) is 0 Å². The third-order valence-corrected chi connectivity index (χ3v) is 3.25. The molecule has 1 aromatic carbocycles. The molecule has 1 N–H and O–H groups in total. The fraction of sp³-hybridized carbons (Fsp3) is 0.455. The molecule has 1 aliphatic rings. The van der Waals surface area contributed by atoms with Crippen LogP contribution in [0.3, 0.4) is 0 Å². The fourth-order valence-electron chi connectivity index (χ4n) is 1.55. The third kappa shape index (κ3) is 1.88. The van der Waals surface area contributed by atoms with Gasteiger partial charge in [-0.05, 0) is 38.0 Å². The van der Waals surface area contributed by atoms with E-state index < -0.39 is 0 Å². The fourth-order valence-corrected chi connectivity index (χ4v) is 2.55. The number of hydrogen-bond donors (Lipinski definition) is 1. The largest absolute Gasteiger partial charge is 0.476 e. The van der Waals surface area contributed by atoms with Crippen LogP contribution in [0.25, 0.3) is 0 Å². The number of ether oxygens (including phenoxy) is 1. The average molecular weight is 210 g/mol. The maximum atomic E-state index is 8.82. The summed E-state index contributed by atoms with van der Waals surface area (Å²) in [4.78, 5) is 1.04. The Morgan fingerprint density at radius 2 is 2.21 bits per heavy atom. The van der Waals surface area contributed by atoms with Crippen molar-refractivity contribution in [3.8, 4) is 5.75 Å². The van der Waals surface area contributed by atoms with Crippen LogP contribution in [-0.4, -0.2) is 16.6 Å². The second-order valence-corrected chi connectivity index (χ2v) is 5.49. The van der Waals surface area contributed by atoms with Gasteiger partial charge in [-0.2, -0.15) is 0 Å². The van der Waals surface area contributed by atoms with E-state index in [0.29, 0.717) is 6.42 Å². The van der Waals surface area contributed by atoms with Crippen LogP contribution in [0.4, 0.5) is 0 Å². The minimum atomic E-state index is -0.153. The van der Waals surface area contributed by atoms with E-state index in [2.05, 4.69) is 19.9 Å². The highest BCUT2D eigenvalue weighted by Crippen LogP contribution is 2.47. The van der Waals surface area contributed by atoms with Gasteiger partial charge in [0.1, 0.15) is 5.75 Å². The predicted octanol–water partition coefficient (Wildman–Crippen LogP) is 2.44. The van der Waals surface area contributed by atoms with Crippen LogP contribution in [0, 0.1) is 0 Å². The Balaban J connectivity index is 2.26. The zero-order chi connectivity index (χ0) is 10.2. The molecule has 0 fully saturated rings. The second-order valence-electron chi connectivity index (χ2n) is 3.86. The summed E-state index contributed by atoms with van der Waals surface area (Å²) in [6.45, 7) is 4.31. The van der Waals surface area contributed by atoms with Crippen LogP contribution in [0.5, 0.6) is 5.75 Å². The summed E-state index contributed by atoms with van der Waals surface area (Å²) in [7, 11) is 0. The topological polar surface area (TPSA) is 29.5 Å². The normalized spacial score (nSPS) is 17.6. The van der Waals surface area contributed by atoms with Gasteiger partial charge in [-0.25, -0.2) is 0 Å². The number of hydrogen-bond acceptors (Lipinski definition) is 3. The monoisotopic (exact) mass is 210 g/mol. The van der Waals surface area contributed by atoms with Crippen molar-refractivity contribution in [2.24, 2.45) is 0 Å². The maximum Gasteiger partial charge on any atom is 0.153 e. The first-order valence-corrected chi connectivity index (χ1v) is 5.54. The van der Waals surface area contributed by atoms with Gasteiger partial charge >= 0.3 is 0 Å². The lowest BCUT2D eigenvalue weighted by atomic mass is 10.1. The van der Waals surface area contributed by atoms with Gasteiger partial charge < -0.3 is 9.84 Å². The maximum absolute atomic E-state index is 8.82. The molecule has 0 unspecified atom stereocenters. The summed E-state index contributed by atoms with van der Waals surface area (Å²) in [5, 5.41) is 8.82. The highest BCUT2D eigenvalue weighted by Gasteiger charge is 2.30. The summed E-state index contributed by atoms with van der Waals surface area (Å²) < 4.78 is 5.76. The zero-order valence-corrected chi connectivity index (χ0v) is 9.23. The molecule has 1 aliphatic heterocycles. The van der Waals surface area contributed by atoms with E-state index in [-0.39, 0.29) is 11.5 Å². The lowest BCUT2D eigenvalue weighted by molar-refractivity contribution is 0.214. The Morgan fingerprint density at radius 3 is 2.93 bits per heavy atom. The van der Waals surface area contributed by atoms with Crippen molar-refractivity contribution in [3.63, 3.8) is 0 Å². The first-order chi connectivity index (χ1) is 6.61. The van der Waals surface area contributed by atoms with Crippen molar-refractivity contribution in [2.75, 3.05) is 6.61 Å². The molecule has 1 heterocycles. The second kappa shape index (κ2) is 3.48. The van der Waals surface area contributed by atoms with Gasteiger partial charge in [-0.3, -0.25) is 0 Å². The average Bonchev–Trinajstić information content (AvgIpc) is 2.38. The molecule has 0 aliphatic carbocycles.